The molecule has 6 nitrogen and oxygen atoms in total. The van der Waals surface area contributed by atoms with Crippen molar-refractivity contribution in [2.45, 2.75) is 6.61 Å². The van der Waals surface area contributed by atoms with Crippen molar-refractivity contribution in [1.82, 2.24) is 9.80 Å². The van der Waals surface area contributed by atoms with E-state index in [9.17, 15) is 14.7 Å². The molecule has 1 amide bonds. The third-order valence-corrected chi connectivity index (χ3v) is 4.87. The minimum Gasteiger partial charge on any atom is -0.488 e. The van der Waals surface area contributed by atoms with Gasteiger partial charge in [-0.25, -0.2) is 4.79 Å². The van der Waals surface area contributed by atoms with E-state index < -0.39 is 5.97 Å². The number of amides is 1. The summed E-state index contributed by atoms with van der Waals surface area (Å²) in [5.74, 6) is -1.23. The van der Waals surface area contributed by atoms with Gasteiger partial charge in [0.1, 0.15) is 17.9 Å². The van der Waals surface area contributed by atoms with Gasteiger partial charge < -0.3 is 19.6 Å². The molecule has 7 heteroatoms. The molecule has 1 saturated heterocycles. The van der Waals surface area contributed by atoms with E-state index in [2.05, 4.69) is 4.90 Å². The quantitative estimate of drug-likeness (QED) is 0.852. The summed E-state index contributed by atoms with van der Waals surface area (Å²) in [5, 5.41) is 9.57. The van der Waals surface area contributed by atoms with Gasteiger partial charge in [-0.15, -0.1) is 0 Å². The third kappa shape index (κ3) is 4.59. The molecule has 0 aromatic heterocycles. The molecule has 1 fully saturated rings. The van der Waals surface area contributed by atoms with Crippen molar-refractivity contribution in [2.24, 2.45) is 0 Å². The summed E-state index contributed by atoms with van der Waals surface area (Å²) in [7, 11) is 2.01. The molecule has 0 atom stereocenters. The number of rotatable bonds is 5. The SMILES string of the molecule is CN1CCN(C(=O)c2cc(OCc3ccccc3)c(C(=O)O)cc2Cl)CC1. The first kappa shape index (κ1) is 19.2. The number of likely N-dealkylation sites (N-methyl/N-ethyl adjacent to an activating group) is 1. The molecule has 0 unspecified atom stereocenters. The number of aromatic carboxylic acids is 1. The van der Waals surface area contributed by atoms with E-state index in [0.717, 1.165) is 18.7 Å². The Labute approximate surface area is 162 Å². The van der Waals surface area contributed by atoms with Crippen LogP contribution in [-0.2, 0) is 6.61 Å². The summed E-state index contributed by atoms with van der Waals surface area (Å²) in [4.78, 5) is 28.3. The lowest BCUT2D eigenvalue weighted by Crippen LogP contribution is -2.47. The summed E-state index contributed by atoms with van der Waals surface area (Å²) < 4.78 is 5.72. The monoisotopic (exact) mass is 388 g/mol. The molecule has 0 bridgehead atoms. The van der Waals surface area contributed by atoms with Gasteiger partial charge in [0.25, 0.3) is 5.91 Å². The number of hydrogen-bond donors (Lipinski definition) is 1. The van der Waals surface area contributed by atoms with Crippen molar-refractivity contribution >= 4 is 23.5 Å². The molecule has 1 heterocycles. The van der Waals surface area contributed by atoms with E-state index >= 15 is 0 Å². The predicted molar refractivity (Wildman–Crippen MR) is 103 cm³/mol. The summed E-state index contributed by atoms with van der Waals surface area (Å²) in [6.07, 6.45) is 0. The first-order valence-corrected chi connectivity index (χ1v) is 9.05. The van der Waals surface area contributed by atoms with Crippen LogP contribution in [-0.4, -0.2) is 60.0 Å². The lowest BCUT2D eigenvalue weighted by Gasteiger charge is -2.32. The van der Waals surface area contributed by atoms with Crippen molar-refractivity contribution in [2.75, 3.05) is 33.2 Å². The average molecular weight is 389 g/mol. The molecule has 27 heavy (non-hydrogen) atoms. The number of benzene rings is 2. The zero-order chi connectivity index (χ0) is 19.4. The van der Waals surface area contributed by atoms with Crippen LogP contribution in [0.2, 0.25) is 5.02 Å². The standard InChI is InChI=1S/C20H21ClN2O4/c1-22-7-9-23(10-8-22)19(24)15-12-18(16(20(25)26)11-17(15)21)27-13-14-5-3-2-4-6-14/h2-6,11-12H,7-10,13H2,1H3,(H,25,26). The van der Waals surface area contributed by atoms with E-state index in [1.807, 2.05) is 37.4 Å². The predicted octanol–water partition coefficient (Wildman–Crippen LogP) is 3.00. The minimum atomic E-state index is -1.15. The number of nitrogens with zero attached hydrogens (tertiary/aromatic N) is 2. The molecule has 2 aromatic carbocycles. The first-order chi connectivity index (χ1) is 13.0. The lowest BCUT2D eigenvalue weighted by atomic mass is 10.1. The molecule has 0 radical (unpaired) electrons. The Balaban J connectivity index is 1.86. The summed E-state index contributed by atoms with van der Waals surface area (Å²) in [6.45, 7) is 2.98. The van der Waals surface area contributed by atoms with E-state index in [1.165, 1.54) is 12.1 Å². The highest BCUT2D eigenvalue weighted by Gasteiger charge is 2.25. The Hall–Kier alpha value is -2.57. The van der Waals surface area contributed by atoms with E-state index in [-0.39, 0.29) is 34.4 Å². The van der Waals surface area contributed by atoms with Crippen LogP contribution >= 0.6 is 11.6 Å². The Morgan fingerprint density at radius 1 is 1.07 bits per heavy atom. The highest BCUT2D eigenvalue weighted by molar-refractivity contribution is 6.34. The number of halogens is 1. The molecule has 0 aliphatic carbocycles. The normalized spacial score (nSPS) is 14.8. The van der Waals surface area contributed by atoms with Crippen LogP contribution in [0.4, 0.5) is 0 Å². The van der Waals surface area contributed by atoms with Gasteiger partial charge in [-0.2, -0.15) is 0 Å². The highest BCUT2D eigenvalue weighted by Crippen LogP contribution is 2.29. The van der Waals surface area contributed by atoms with E-state index in [4.69, 9.17) is 16.3 Å². The van der Waals surface area contributed by atoms with Crippen LogP contribution in [0.5, 0.6) is 5.75 Å². The van der Waals surface area contributed by atoms with Gasteiger partial charge in [0.05, 0.1) is 10.6 Å². The number of carbonyl (C=O) groups excluding carboxylic acids is 1. The maximum absolute atomic E-state index is 12.9. The van der Waals surface area contributed by atoms with Gasteiger partial charge >= 0.3 is 5.97 Å². The lowest BCUT2D eigenvalue weighted by molar-refractivity contribution is 0.0657. The first-order valence-electron chi connectivity index (χ1n) is 8.67. The molecule has 3 rings (SSSR count). The summed E-state index contributed by atoms with van der Waals surface area (Å²) in [5.41, 5.74) is 1.09. The van der Waals surface area contributed by atoms with Gasteiger partial charge in [0.2, 0.25) is 0 Å². The van der Waals surface area contributed by atoms with Crippen LogP contribution in [0, 0.1) is 0 Å². The van der Waals surface area contributed by atoms with Crippen molar-refractivity contribution in [3.8, 4) is 5.75 Å². The maximum Gasteiger partial charge on any atom is 0.339 e. The second-order valence-electron chi connectivity index (χ2n) is 6.50. The number of hydrogen-bond acceptors (Lipinski definition) is 4. The molecule has 142 valence electrons. The van der Waals surface area contributed by atoms with Gasteiger partial charge in [-0.05, 0) is 24.7 Å². The highest BCUT2D eigenvalue weighted by atomic mass is 35.5. The Morgan fingerprint density at radius 2 is 1.74 bits per heavy atom. The number of carbonyl (C=O) groups is 2. The number of piperazine rings is 1. The van der Waals surface area contributed by atoms with Gasteiger partial charge in [-0.1, -0.05) is 41.9 Å². The number of ether oxygens (including phenoxy) is 1. The average Bonchev–Trinajstić information content (AvgIpc) is 2.67. The van der Waals surface area contributed by atoms with Crippen LogP contribution < -0.4 is 4.74 Å². The second-order valence-corrected chi connectivity index (χ2v) is 6.91. The Kier molecular flexibility index (Phi) is 5.98. The van der Waals surface area contributed by atoms with E-state index in [0.29, 0.717) is 13.1 Å². The zero-order valence-electron chi connectivity index (χ0n) is 15.0. The largest absolute Gasteiger partial charge is 0.488 e. The Morgan fingerprint density at radius 3 is 2.37 bits per heavy atom. The molecule has 0 saturated carbocycles. The van der Waals surface area contributed by atoms with Gasteiger partial charge in [0.15, 0.2) is 0 Å². The third-order valence-electron chi connectivity index (χ3n) is 4.56. The summed E-state index contributed by atoms with van der Waals surface area (Å²) >= 11 is 6.23. The maximum atomic E-state index is 12.9. The van der Waals surface area contributed by atoms with Crippen molar-refractivity contribution < 1.29 is 19.4 Å². The smallest absolute Gasteiger partial charge is 0.339 e. The summed E-state index contributed by atoms with van der Waals surface area (Å²) in [6, 6.07) is 12.1. The number of carboxylic acids is 1. The van der Waals surface area contributed by atoms with Crippen LogP contribution in [0.1, 0.15) is 26.3 Å². The molecule has 1 N–H and O–H groups in total. The van der Waals surface area contributed by atoms with Gasteiger partial charge in [-0.3, -0.25) is 4.79 Å². The Bertz CT molecular complexity index is 833. The molecular weight excluding hydrogens is 368 g/mol. The van der Waals surface area contributed by atoms with Crippen LogP contribution in [0.25, 0.3) is 0 Å². The minimum absolute atomic E-state index is 0.0640. The van der Waals surface area contributed by atoms with Crippen LogP contribution in [0.3, 0.4) is 0 Å². The zero-order valence-corrected chi connectivity index (χ0v) is 15.8. The van der Waals surface area contributed by atoms with Crippen molar-refractivity contribution in [1.29, 1.82) is 0 Å². The van der Waals surface area contributed by atoms with Crippen molar-refractivity contribution in [3.63, 3.8) is 0 Å². The number of carboxylic acid groups (broad SMARTS) is 1. The molecule has 1 aliphatic rings. The topological polar surface area (TPSA) is 70.1 Å². The second kappa shape index (κ2) is 8.41. The van der Waals surface area contributed by atoms with Gasteiger partial charge in [0, 0.05) is 26.2 Å². The molecule has 0 spiro atoms. The van der Waals surface area contributed by atoms with Crippen LogP contribution in [0.15, 0.2) is 42.5 Å². The fourth-order valence-electron chi connectivity index (χ4n) is 2.92. The molecule has 1 aliphatic heterocycles. The van der Waals surface area contributed by atoms with E-state index in [1.54, 1.807) is 4.90 Å². The van der Waals surface area contributed by atoms with Crippen molar-refractivity contribution in [3.05, 3.63) is 64.2 Å². The fraction of sp³-hybridized carbons (Fsp3) is 0.300. The fourth-order valence-corrected chi connectivity index (χ4v) is 3.16. The molecule has 2 aromatic rings. The molecular formula is C20H21ClN2O4.